The molecule has 1 aliphatic heterocycles. The largest absolute Gasteiger partial charge is 0.396 e. The lowest BCUT2D eigenvalue weighted by Crippen LogP contribution is -2.35. The van der Waals surface area contributed by atoms with Crippen LogP contribution in [0.5, 0.6) is 0 Å². The number of nitrogens with zero attached hydrogens (tertiary/aromatic N) is 1. The minimum Gasteiger partial charge on any atom is -0.396 e. The second kappa shape index (κ2) is 6.40. The number of aliphatic hydroxyl groups excluding tert-OH is 1. The minimum absolute atomic E-state index is 0.233. The van der Waals surface area contributed by atoms with Gasteiger partial charge in [0.2, 0.25) is 5.91 Å². The Bertz CT molecular complexity index is 187. The number of carbonyl (C=O) groups excluding carboxylic acids is 1. The Labute approximate surface area is 93.6 Å². The van der Waals surface area contributed by atoms with Crippen LogP contribution in [0.15, 0.2) is 0 Å². The van der Waals surface area contributed by atoms with Gasteiger partial charge in [-0.05, 0) is 25.7 Å². The number of carbonyl (C=O) groups is 1. The fourth-order valence-corrected chi connectivity index (χ4v) is 2.35. The van der Waals surface area contributed by atoms with Crippen LogP contribution in [-0.2, 0) is 4.79 Å². The third-order valence-corrected chi connectivity index (χ3v) is 3.10. The number of likely N-dealkylation sites (tertiary alicyclic amines) is 1. The molecule has 0 bridgehead atoms. The topological polar surface area (TPSA) is 40.5 Å². The van der Waals surface area contributed by atoms with Crippen LogP contribution in [0.4, 0.5) is 0 Å². The number of amides is 1. The van der Waals surface area contributed by atoms with Gasteiger partial charge in [0.1, 0.15) is 0 Å². The quantitative estimate of drug-likeness (QED) is 0.765. The summed E-state index contributed by atoms with van der Waals surface area (Å²) in [5.74, 6) is 0.252. The van der Waals surface area contributed by atoms with E-state index < -0.39 is 0 Å². The normalized spacial score (nSPS) is 21.6. The van der Waals surface area contributed by atoms with Crippen molar-refractivity contribution in [2.24, 2.45) is 0 Å². The number of aliphatic hydroxyl groups is 1. The van der Waals surface area contributed by atoms with Gasteiger partial charge in [-0.25, -0.2) is 0 Å². The molecule has 0 aromatic carbocycles. The Morgan fingerprint density at radius 3 is 3.00 bits per heavy atom. The van der Waals surface area contributed by atoms with Crippen LogP contribution >= 0.6 is 15.9 Å². The highest BCUT2D eigenvalue weighted by Crippen LogP contribution is 2.22. The Balaban J connectivity index is 2.38. The first kappa shape index (κ1) is 12.0. The van der Waals surface area contributed by atoms with Gasteiger partial charge in [-0.2, -0.15) is 0 Å². The summed E-state index contributed by atoms with van der Waals surface area (Å²) in [5, 5.41) is 9.49. The van der Waals surface area contributed by atoms with Crippen molar-refractivity contribution in [3.05, 3.63) is 0 Å². The summed E-state index contributed by atoms with van der Waals surface area (Å²) in [4.78, 5) is 13.6. The Kier molecular flexibility index (Phi) is 5.48. The van der Waals surface area contributed by atoms with Gasteiger partial charge in [0.15, 0.2) is 0 Å². The van der Waals surface area contributed by atoms with Crippen LogP contribution in [0.25, 0.3) is 0 Å². The maximum Gasteiger partial charge on any atom is 0.223 e. The number of hydrogen-bond acceptors (Lipinski definition) is 2. The average molecular weight is 264 g/mol. The summed E-state index contributed by atoms with van der Waals surface area (Å²) in [7, 11) is 0. The van der Waals surface area contributed by atoms with Crippen LogP contribution in [0.2, 0.25) is 0 Å². The van der Waals surface area contributed by atoms with Gasteiger partial charge in [-0.15, -0.1) is 0 Å². The fraction of sp³-hybridized carbons (Fsp3) is 0.900. The molecule has 14 heavy (non-hydrogen) atoms. The Morgan fingerprint density at radius 1 is 1.57 bits per heavy atom. The monoisotopic (exact) mass is 263 g/mol. The van der Waals surface area contributed by atoms with E-state index >= 15 is 0 Å². The molecule has 82 valence electrons. The Morgan fingerprint density at radius 2 is 2.36 bits per heavy atom. The maximum absolute atomic E-state index is 11.7. The number of hydrogen-bond donors (Lipinski definition) is 1. The summed E-state index contributed by atoms with van der Waals surface area (Å²) in [5.41, 5.74) is 0. The molecule has 0 spiro atoms. The number of rotatable bonds is 5. The lowest BCUT2D eigenvalue weighted by atomic mass is 10.1. The second-order valence-corrected chi connectivity index (χ2v) is 4.48. The molecule has 0 radical (unpaired) electrons. The van der Waals surface area contributed by atoms with E-state index in [0.717, 1.165) is 37.6 Å². The van der Waals surface area contributed by atoms with Crippen molar-refractivity contribution in [2.75, 3.05) is 18.5 Å². The van der Waals surface area contributed by atoms with Crippen LogP contribution in [0.1, 0.15) is 32.1 Å². The van der Waals surface area contributed by atoms with E-state index in [0.29, 0.717) is 12.5 Å². The minimum atomic E-state index is 0.233. The standard InChI is InChI=1S/C10H18BrNO2/c11-6-5-10(14)12-7-1-3-9(12)4-2-8-13/h9,13H,1-8H2. The SMILES string of the molecule is O=C(CCBr)N1CCCC1CCCO. The molecule has 4 heteroatoms. The third-order valence-electron chi connectivity index (χ3n) is 2.70. The molecule has 1 heterocycles. The molecular formula is C10H18BrNO2. The highest BCUT2D eigenvalue weighted by Gasteiger charge is 2.27. The van der Waals surface area contributed by atoms with Crippen LogP contribution in [0.3, 0.4) is 0 Å². The van der Waals surface area contributed by atoms with Gasteiger partial charge in [0.05, 0.1) is 0 Å². The molecule has 0 aromatic heterocycles. The summed E-state index contributed by atoms with van der Waals surface area (Å²) >= 11 is 3.28. The lowest BCUT2D eigenvalue weighted by molar-refractivity contribution is -0.131. The van der Waals surface area contributed by atoms with Crippen LogP contribution in [0, 0.1) is 0 Å². The average Bonchev–Trinajstić information content (AvgIpc) is 2.63. The van der Waals surface area contributed by atoms with Gasteiger partial charge in [-0.1, -0.05) is 15.9 Å². The van der Waals surface area contributed by atoms with E-state index in [-0.39, 0.29) is 12.5 Å². The van der Waals surface area contributed by atoms with E-state index in [1.165, 1.54) is 0 Å². The highest BCUT2D eigenvalue weighted by molar-refractivity contribution is 9.09. The zero-order valence-corrected chi connectivity index (χ0v) is 10.0. The van der Waals surface area contributed by atoms with E-state index in [1.54, 1.807) is 0 Å². The van der Waals surface area contributed by atoms with Crippen LogP contribution < -0.4 is 0 Å². The molecular weight excluding hydrogens is 246 g/mol. The molecule has 1 fully saturated rings. The van der Waals surface area contributed by atoms with Gasteiger partial charge in [-0.3, -0.25) is 4.79 Å². The van der Waals surface area contributed by atoms with E-state index in [4.69, 9.17) is 5.11 Å². The summed E-state index contributed by atoms with van der Waals surface area (Å²) in [6.07, 6.45) is 4.57. The van der Waals surface area contributed by atoms with Crippen molar-refractivity contribution in [3.63, 3.8) is 0 Å². The van der Waals surface area contributed by atoms with Crippen molar-refractivity contribution in [1.82, 2.24) is 4.90 Å². The first-order chi connectivity index (χ1) is 6.79. The predicted octanol–water partition coefficient (Wildman–Crippen LogP) is 1.53. The zero-order valence-electron chi connectivity index (χ0n) is 8.41. The zero-order chi connectivity index (χ0) is 10.4. The van der Waals surface area contributed by atoms with Gasteiger partial charge in [0.25, 0.3) is 0 Å². The molecule has 1 saturated heterocycles. The first-order valence-corrected chi connectivity index (χ1v) is 6.38. The molecule has 1 rings (SSSR count). The van der Waals surface area contributed by atoms with E-state index in [1.807, 2.05) is 4.90 Å². The molecule has 0 aliphatic carbocycles. The molecule has 1 atom stereocenters. The molecule has 3 nitrogen and oxygen atoms in total. The van der Waals surface area contributed by atoms with Gasteiger partial charge >= 0.3 is 0 Å². The van der Waals surface area contributed by atoms with E-state index in [2.05, 4.69) is 15.9 Å². The number of halogens is 1. The lowest BCUT2D eigenvalue weighted by Gasteiger charge is -2.24. The first-order valence-electron chi connectivity index (χ1n) is 5.26. The van der Waals surface area contributed by atoms with Crippen molar-refractivity contribution in [3.8, 4) is 0 Å². The van der Waals surface area contributed by atoms with Crippen LogP contribution in [-0.4, -0.2) is 40.4 Å². The fourth-order valence-electron chi connectivity index (χ4n) is 2.02. The molecule has 1 aliphatic rings. The van der Waals surface area contributed by atoms with Crippen molar-refractivity contribution in [1.29, 1.82) is 0 Å². The smallest absolute Gasteiger partial charge is 0.223 e. The van der Waals surface area contributed by atoms with E-state index in [9.17, 15) is 4.79 Å². The number of alkyl halides is 1. The molecule has 1 amide bonds. The van der Waals surface area contributed by atoms with Crippen molar-refractivity contribution >= 4 is 21.8 Å². The molecule has 0 saturated carbocycles. The van der Waals surface area contributed by atoms with Gasteiger partial charge < -0.3 is 10.0 Å². The summed E-state index contributed by atoms with van der Waals surface area (Å²) in [6, 6.07) is 0.383. The Hall–Kier alpha value is -0.0900. The van der Waals surface area contributed by atoms with Crippen molar-refractivity contribution < 1.29 is 9.90 Å². The summed E-state index contributed by atoms with van der Waals surface area (Å²) < 4.78 is 0. The molecule has 1 unspecified atom stereocenters. The third kappa shape index (κ3) is 3.24. The summed E-state index contributed by atoms with van der Waals surface area (Å²) in [6.45, 7) is 1.14. The van der Waals surface area contributed by atoms with Gasteiger partial charge in [0, 0.05) is 30.9 Å². The van der Waals surface area contributed by atoms with Crippen molar-refractivity contribution in [2.45, 2.75) is 38.1 Å². The predicted molar refractivity (Wildman–Crippen MR) is 59.5 cm³/mol. The molecule has 1 N–H and O–H groups in total. The highest BCUT2D eigenvalue weighted by atomic mass is 79.9. The molecule has 0 aromatic rings. The maximum atomic E-state index is 11.7. The second-order valence-electron chi connectivity index (χ2n) is 3.69.